The van der Waals surface area contributed by atoms with Crippen LogP contribution in [-0.2, 0) is 16.6 Å². The lowest BCUT2D eigenvalue weighted by Gasteiger charge is -2.34. The van der Waals surface area contributed by atoms with Gasteiger partial charge < -0.3 is 16.4 Å². The second-order valence-electron chi connectivity index (χ2n) is 8.33. The van der Waals surface area contributed by atoms with Gasteiger partial charge in [0.15, 0.2) is 0 Å². The lowest BCUT2D eigenvalue weighted by Crippen LogP contribution is -2.40. The summed E-state index contributed by atoms with van der Waals surface area (Å²) >= 11 is 1.66. The van der Waals surface area contributed by atoms with Crippen LogP contribution in [0.5, 0.6) is 0 Å². The highest BCUT2D eigenvalue weighted by Gasteiger charge is 2.36. The van der Waals surface area contributed by atoms with Gasteiger partial charge in [0, 0.05) is 37.0 Å². The van der Waals surface area contributed by atoms with Gasteiger partial charge in [-0.05, 0) is 73.0 Å². The summed E-state index contributed by atoms with van der Waals surface area (Å²) in [5.41, 5.74) is 10.5. The summed E-state index contributed by atoms with van der Waals surface area (Å²) in [4.78, 5) is 13.3. The van der Waals surface area contributed by atoms with Crippen LogP contribution < -0.4 is 16.4 Å². The first kappa shape index (κ1) is 22.3. The zero-order valence-corrected chi connectivity index (χ0v) is 19.6. The van der Waals surface area contributed by atoms with E-state index in [1.165, 1.54) is 5.56 Å². The molecule has 4 rings (SSSR count). The van der Waals surface area contributed by atoms with E-state index in [0.29, 0.717) is 24.6 Å². The molecule has 2 aromatic rings. The molecule has 1 unspecified atom stereocenters. The van der Waals surface area contributed by atoms with Crippen LogP contribution in [0.15, 0.2) is 23.6 Å². The zero-order chi connectivity index (χ0) is 22.2. The van der Waals surface area contributed by atoms with E-state index in [4.69, 9.17) is 5.73 Å². The number of piperidine rings is 1. The first-order valence-corrected chi connectivity index (χ1v) is 13.2. The van der Waals surface area contributed by atoms with Gasteiger partial charge in [-0.2, -0.15) is 0 Å². The number of thiophene rings is 1. The minimum absolute atomic E-state index is 0.146. The number of benzene rings is 1. The highest BCUT2D eigenvalue weighted by Crippen LogP contribution is 2.44. The third-order valence-electron chi connectivity index (χ3n) is 6.48. The van der Waals surface area contributed by atoms with E-state index in [1.807, 2.05) is 13.1 Å². The Bertz CT molecular complexity index is 1070. The Morgan fingerprint density at radius 1 is 1.29 bits per heavy atom. The second kappa shape index (κ2) is 8.90. The summed E-state index contributed by atoms with van der Waals surface area (Å²) in [6.07, 6.45) is 1.65. The van der Waals surface area contributed by atoms with E-state index in [9.17, 15) is 13.2 Å². The Hall–Kier alpha value is -1.94. The number of hydrogen-bond donors (Lipinski definition) is 3. The smallest absolute Gasteiger partial charge is 0.250 e. The van der Waals surface area contributed by atoms with Gasteiger partial charge in [-0.25, -0.2) is 12.7 Å². The van der Waals surface area contributed by atoms with E-state index in [1.54, 1.807) is 22.6 Å². The maximum Gasteiger partial charge on any atom is 0.250 e. The van der Waals surface area contributed by atoms with Gasteiger partial charge in [-0.3, -0.25) is 4.79 Å². The van der Waals surface area contributed by atoms with Crippen LogP contribution in [0.3, 0.4) is 0 Å². The average molecular weight is 463 g/mol. The number of fused-ring (bicyclic) bond motifs is 1. The maximum absolute atomic E-state index is 12.2. The summed E-state index contributed by atoms with van der Waals surface area (Å²) in [6.45, 7) is 4.37. The van der Waals surface area contributed by atoms with Gasteiger partial charge in [-0.15, -0.1) is 11.3 Å². The highest BCUT2D eigenvalue weighted by atomic mass is 32.2. The van der Waals surface area contributed by atoms with Gasteiger partial charge in [0.05, 0.1) is 17.0 Å². The van der Waals surface area contributed by atoms with Crippen LogP contribution in [-0.4, -0.2) is 51.1 Å². The van der Waals surface area contributed by atoms with Crippen molar-refractivity contribution >= 4 is 33.0 Å². The Morgan fingerprint density at radius 2 is 2.03 bits per heavy atom. The van der Waals surface area contributed by atoms with Crippen molar-refractivity contribution in [1.29, 1.82) is 0 Å². The van der Waals surface area contributed by atoms with E-state index >= 15 is 0 Å². The van der Waals surface area contributed by atoms with Crippen LogP contribution >= 0.6 is 11.3 Å². The largest absolute Gasteiger partial charge is 0.384 e. The fourth-order valence-electron chi connectivity index (χ4n) is 4.80. The standard InChI is InChI=1S/C22H30N4O3S2/c1-3-31(28,29)26-6-4-15(5-7-26)19-12-25-21-17(19)9-16(10-18(21)22(23)27)20-8-14(11-24-2)13-30-20/h8-10,13,15,19,24-25H,3-7,11-12H2,1-2H3,(H2,23,27). The van der Waals surface area contributed by atoms with E-state index in [-0.39, 0.29) is 11.7 Å². The predicted molar refractivity (Wildman–Crippen MR) is 126 cm³/mol. The molecule has 1 aromatic heterocycles. The zero-order valence-electron chi connectivity index (χ0n) is 18.0. The van der Waals surface area contributed by atoms with Gasteiger partial charge in [0.2, 0.25) is 10.0 Å². The van der Waals surface area contributed by atoms with Crippen molar-refractivity contribution < 1.29 is 13.2 Å². The maximum atomic E-state index is 12.2. The molecule has 0 saturated carbocycles. The van der Waals surface area contributed by atoms with Crippen LogP contribution in [0.2, 0.25) is 0 Å². The molecule has 2 aliphatic rings. The summed E-state index contributed by atoms with van der Waals surface area (Å²) in [5, 5.41) is 8.71. The summed E-state index contributed by atoms with van der Waals surface area (Å²) in [5.74, 6) is 0.335. The Kier molecular flexibility index (Phi) is 6.39. The van der Waals surface area contributed by atoms with Crippen molar-refractivity contribution in [3.05, 3.63) is 40.3 Å². The van der Waals surface area contributed by atoms with E-state index in [2.05, 4.69) is 28.1 Å². The number of rotatable bonds is 7. The number of carbonyl (C=O) groups excluding carboxylic acids is 1. The predicted octanol–water partition coefficient (Wildman–Crippen LogP) is 2.80. The molecular formula is C22H30N4O3S2. The summed E-state index contributed by atoms with van der Waals surface area (Å²) in [6, 6.07) is 6.23. The molecular weight excluding hydrogens is 432 g/mol. The molecule has 1 atom stereocenters. The molecule has 0 aliphatic carbocycles. The fraction of sp³-hybridized carbons (Fsp3) is 0.500. The monoisotopic (exact) mass is 462 g/mol. The van der Waals surface area contributed by atoms with Gasteiger partial charge in [-0.1, -0.05) is 0 Å². The molecule has 0 bridgehead atoms. The van der Waals surface area contributed by atoms with Crippen molar-refractivity contribution in [2.24, 2.45) is 11.7 Å². The average Bonchev–Trinajstić information content (AvgIpc) is 3.40. The SMILES string of the molecule is CCS(=O)(=O)N1CCC(C2CNc3c(C(N)=O)cc(-c4cc(CNC)cs4)cc32)CC1. The molecule has 9 heteroatoms. The van der Waals surface area contributed by atoms with Crippen molar-refractivity contribution in [3.63, 3.8) is 0 Å². The highest BCUT2D eigenvalue weighted by molar-refractivity contribution is 7.89. The number of carbonyl (C=O) groups is 1. The Labute approximate surface area is 188 Å². The second-order valence-corrected chi connectivity index (χ2v) is 11.5. The van der Waals surface area contributed by atoms with Crippen LogP contribution in [0.1, 0.15) is 47.2 Å². The molecule has 7 nitrogen and oxygen atoms in total. The molecule has 31 heavy (non-hydrogen) atoms. The van der Waals surface area contributed by atoms with Crippen molar-refractivity contribution in [2.45, 2.75) is 32.2 Å². The van der Waals surface area contributed by atoms with Gasteiger partial charge in [0.25, 0.3) is 5.91 Å². The first-order chi connectivity index (χ1) is 14.8. The number of anilines is 1. The van der Waals surface area contributed by atoms with E-state index < -0.39 is 15.9 Å². The lowest BCUT2D eigenvalue weighted by atomic mass is 9.80. The molecule has 1 fully saturated rings. The van der Waals surface area contributed by atoms with Crippen molar-refractivity contribution in [1.82, 2.24) is 9.62 Å². The van der Waals surface area contributed by atoms with Crippen molar-refractivity contribution in [2.75, 3.05) is 37.8 Å². The minimum Gasteiger partial charge on any atom is -0.384 e. The number of nitrogens with two attached hydrogens (primary N) is 1. The van der Waals surface area contributed by atoms with E-state index in [0.717, 1.165) is 47.6 Å². The molecule has 4 N–H and O–H groups in total. The van der Waals surface area contributed by atoms with Gasteiger partial charge >= 0.3 is 0 Å². The number of nitrogens with one attached hydrogen (secondary N) is 2. The number of primary amides is 1. The minimum atomic E-state index is -3.14. The van der Waals surface area contributed by atoms with Crippen LogP contribution in [0.4, 0.5) is 5.69 Å². The Morgan fingerprint density at radius 3 is 2.68 bits per heavy atom. The molecule has 1 saturated heterocycles. The quantitative estimate of drug-likeness (QED) is 0.587. The number of amides is 1. The van der Waals surface area contributed by atoms with Gasteiger partial charge in [0.1, 0.15) is 0 Å². The molecule has 0 spiro atoms. The first-order valence-electron chi connectivity index (χ1n) is 10.8. The normalized spacial score (nSPS) is 19.9. The summed E-state index contributed by atoms with van der Waals surface area (Å²) < 4.78 is 26.0. The molecule has 3 heterocycles. The molecule has 1 aromatic carbocycles. The fourth-order valence-corrected chi connectivity index (χ4v) is 6.83. The van der Waals surface area contributed by atoms with Crippen LogP contribution in [0.25, 0.3) is 10.4 Å². The topological polar surface area (TPSA) is 105 Å². The summed E-state index contributed by atoms with van der Waals surface area (Å²) in [7, 11) is -1.22. The molecule has 0 radical (unpaired) electrons. The molecule has 2 aliphatic heterocycles. The number of sulfonamides is 1. The molecule has 168 valence electrons. The van der Waals surface area contributed by atoms with Crippen LogP contribution in [0, 0.1) is 5.92 Å². The number of hydrogen-bond acceptors (Lipinski definition) is 6. The Balaban J connectivity index is 1.63. The third kappa shape index (κ3) is 4.37. The van der Waals surface area contributed by atoms with Crippen molar-refractivity contribution in [3.8, 4) is 10.4 Å². The third-order valence-corrected chi connectivity index (χ3v) is 9.39. The number of nitrogens with zero attached hydrogens (tertiary/aromatic N) is 1. The lowest BCUT2D eigenvalue weighted by molar-refractivity contribution is 0.100. The molecule has 1 amide bonds.